The Labute approximate surface area is 93.4 Å². The Morgan fingerprint density at radius 2 is 2.12 bits per heavy atom. The Balaban J connectivity index is 1.94. The summed E-state index contributed by atoms with van der Waals surface area (Å²) in [6.07, 6.45) is 2.93. The molecule has 4 heteroatoms. The number of hydrogen-bond donors (Lipinski definition) is 1. The van der Waals surface area contributed by atoms with E-state index in [1.807, 2.05) is 0 Å². The van der Waals surface area contributed by atoms with Crippen molar-refractivity contribution < 1.29 is 13.5 Å². The zero-order valence-electron chi connectivity index (χ0n) is 8.96. The number of nitrogens with two attached hydrogens (primary N) is 1. The number of benzene rings is 1. The monoisotopic (exact) mass is 227 g/mol. The van der Waals surface area contributed by atoms with Crippen molar-refractivity contribution in [1.29, 1.82) is 0 Å². The van der Waals surface area contributed by atoms with E-state index in [4.69, 9.17) is 10.5 Å². The Bertz CT molecular complexity index is 370. The van der Waals surface area contributed by atoms with Gasteiger partial charge in [0, 0.05) is 17.7 Å². The highest BCUT2D eigenvalue weighted by molar-refractivity contribution is 5.17. The summed E-state index contributed by atoms with van der Waals surface area (Å²) in [5, 5.41) is 0. The highest BCUT2D eigenvalue weighted by Gasteiger charge is 2.24. The van der Waals surface area contributed by atoms with Crippen LogP contribution in [0.3, 0.4) is 0 Å². The largest absolute Gasteiger partial charge is 0.372 e. The van der Waals surface area contributed by atoms with Crippen LogP contribution in [-0.4, -0.2) is 12.1 Å². The van der Waals surface area contributed by atoms with E-state index in [-0.39, 0.29) is 18.8 Å². The van der Waals surface area contributed by atoms with E-state index in [0.717, 1.165) is 25.3 Å². The predicted molar refractivity (Wildman–Crippen MR) is 56.8 cm³/mol. The molecule has 0 amide bonds. The summed E-state index contributed by atoms with van der Waals surface area (Å²) < 4.78 is 31.5. The molecule has 2 nitrogen and oxygen atoms in total. The van der Waals surface area contributed by atoms with E-state index < -0.39 is 11.6 Å². The summed E-state index contributed by atoms with van der Waals surface area (Å²) in [6, 6.07) is 3.55. The summed E-state index contributed by atoms with van der Waals surface area (Å²) in [4.78, 5) is 0. The van der Waals surface area contributed by atoms with E-state index in [1.165, 1.54) is 12.1 Å². The molecule has 2 N–H and O–H groups in total. The van der Waals surface area contributed by atoms with Gasteiger partial charge in [-0.25, -0.2) is 8.78 Å². The van der Waals surface area contributed by atoms with Gasteiger partial charge in [-0.15, -0.1) is 0 Å². The first-order valence-electron chi connectivity index (χ1n) is 5.48. The first kappa shape index (κ1) is 11.5. The van der Waals surface area contributed by atoms with Gasteiger partial charge in [-0.3, -0.25) is 0 Å². The van der Waals surface area contributed by atoms with Crippen LogP contribution < -0.4 is 5.73 Å². The number of halogens is 2. The lowest BCUT2D eigenvalue weighted by atomic mass is 10.2. The van der Waals surface area contributed by atoms with Crippen molar-refractivity contribution in [2.45, 2.75) is 38.0 Å². The number of hydrogen-bond acceptors (Lipinski definition) is 2. The lowest BCUT2D eigenvalue weighted by molar-refractivity contribution is 0.0342. The molecule has 1 aromatic rings. The highest BCUT2D eigenvalue weighted by Crippen LogP contribution is 2.22. The molecule has 0 bridgehead atoms. The first-order chi connectivity index (χ1) is 7.66. The molecule has 1 fully saturated rings. The highest BCUT2D eigenvalue weighted by atomic mass is 19.1. The third-order valence-electron chi connectivity index (χ3n) is 2.97. The van der Waals surface area contributed by atoms with Gasteiger partial charge in [-0.1, -0.05) is 6.07 Å². The van der Waals surface area contributed by atoms with E-state index >= 15 is 0 Å². The van der Waals surface area contributed by atoms with Crippen LogP contribution in [0.2, 0.25) is 0 Å². The molecule has 1 aromatic carbocycles. The van der Waals surface area contributed by atoms with Crippen molar-refractivity contribution in [3.63, 3.8) is 0 Å². The second-order valence-corrected chi connectivity index (χ2v) is 4.18. The molecular formula is C12H15F2NO. The molecule has 16 heavy (non-hydrogen) atoms. The summed E-state index contributed by atoms with van der Waals surface area (Å²) in [5.74, 6) is -1.13. The van der Waals surface area contributed by atoms with Gasteiger partial charge in [0.25, 0.3) is 0 Å². The summed E-state index contributed by atoms with van der Waals surface area (Å²) in [6.45, 7) is 0.157. The van der Waals surface area contributed by atoms with Crippen molar-refractivity contribution >= 4 is 0 Å². The summed E-state index contributed by atoms with van der Waals surface area (Å²) in [5.41, 5.74) is 6.20. The van der Waals surface area contributed by atoms with Crippen molar-refractivity contribution in [2.24, 2.45) is 5.73 Å². The Morgan fingerprint density at radius 3 is 2.75 bits per heavy atom. The third kappa shape index (κ3) is 2.57. The van der Waals surface area contributed by atoms with Crippen LogP contribution in [-0.2, 0) is 11.3 Å². The zero-order valence-corrected chi connectivity index (χ0v) is 8.96. The molecule has 0 aliphatic heterocycles. The predicted octanol–water partition coefficient (Wildman–Crippen LogP) is 2.36. The van der Waals surface area contributed by atoms with Crippen LogP contribution in [0.4, 0.5) is 8.78 Å². The van der Waals surface area contributed by atoms with Gasteiger partial charge >= 0.3 is 0 Å². The molecule has 0 radical (unpaired) electrons. The summed E-state index contributed by atoms with van der Waals surface area (Å²) >= 11 is 0. The Kier molecular flexibility index (Phi) is 3.51. The maximum atomic E-state index is 13.3. The lowest BCUT2D eigenvalue weighted by Crippen LogP contribution is -2.31. The van der Waals surface area contributed by atoms with Crippen molar-refractivity contribution in [3.8, 4) is 0 Å². The minimum atomic E-state index is -0.571. The minimum absolute atomic E-state index is 0.00412. The standard InChI is InChI=1S/C12H15F2NO/c13-9-5-4-8(10(14)6-9)7-16-12-3-1-2-11(12)15/h4-6,11-12H,1-3,7,15H2. The van der Waals surface area contributed by atoms with Crippen LogP contribution in [0.5, 0.6) is 0 Å². The van der Waals surface area contributed by atoms with Crippen LogP contribution >= 0.6 is 0 Å². The molecule has 1 aliphatic carbocycles. The molecule has 2 unspecified atom stereocenters. The molecule has 0 heterocycles. The van der Waals surface area contributed by atoms with Crippen molar-refractivity contribution in [3.05, 3.63) is 35.4 Å². The van der Waals surface area contributed by atoms with Gasteiger partial charge in [0.05, 0.1) is 12.7 Å². The molecule has 2 atom stereocenters. The van der Waals surface area contributed by atoms with Gasteiger partial charge in [-0.05, 0) is 25.3 Å². The molecule has 1 aliphatic rings. The molecule has 0 aromatic heterocycles. The average molecular weight is 227 g/mol. The van der Waals surface area contributed by atoms with Crippen molar-refractivity contribution in [2.75, 3.05) is 0 Å². The van der Waals surface area contributed by atoms with Crippen LogP contribution in [0.15, 0.2) is 18.2 Å². The molecule has 0 saturated heterocycles. The SMILES string of the molecule is NC1CCCC1OCc1ccc(F)cc1F. The van der Waals surface area contributed by atoms with Gasteiger partial charge in [-0.2, -0.15) is 0 Å². The fraction of sp³-hybridized carbons (Fsp3) is 0.500. The minimum Gasteiger partial charge on any atom is -0.372 e. The number of ether oxygens (including phenoxy) is 1. The Morgan fingerprint density at radius 1 is 1.31 bits per heavy atom. The topological polar surface area (TPSA) is 35.2 Å². The second kappa shape index (κ2) is 4.89. The molecular weight excluding hydrogens is 212 g/mol. The van der Waals surface area contributed by atoms with Crippen LogP contribution in [0.1, 0.15) is 24.8 Å². The third-order valence-corrected chi connectivity index (χ3v) is 2.97. The summed E-state index contributed by atoms with van der Waals surface area (Å²) in [7, 11) is 0. The lowest BCUT2D eigenvalue weighted by Gasteiger charge is -2.16. The molecule has 0 spiro atoms. The zero-order chi connectivity index (χ0) is 11.5. The first-order valence-corrected chi connectivity index (χ1v) is 5.48. The smallest absolute Gasteiger partial charge is 0.131 e. The maximum absolute atomic E-state index is 13.3. The fourth-order valence-corrected chi connectivity index (χ4v) is 2.00. The van der Waals surface area contributed by atoms with Crippen LogP contribution in [0, 0.1) is 11.6 Å². The van der Waals surface area contributed by atoms with Gasteiger partial charge in [0.2, 0.25) is 0 Å². The molecule has 1 saturated carbocycles. The van der Waals surface area contributed by atoms with Gasteiger partial charge in [0.15, 0.2) is 0 Å². The maximum Gasteiger partial charge on any atom is 0.131 e. The van der Waals surface area contributed by atoms with Gasteiger partial charge < -0.3 is 10.5 Å². The van der Waals surface area contributed by atoms with Crippen LogP contribution in [0.25, 0.3) is 0 Å². The Hall–Kier alpha value is -1.00. The van der Waals surface area contributed by atoms with Crippen molar-refractivity contribution in [1.82, 2.24) is 0 Å². The molecule has 88 valence electrons. The average Bonchev–Trinajstić information content (AvgIpc) is 2.63. The quantitative estimate of drug-likeness (QED) is 0.860. The van der Waals surface area contributed by atoms with E-state index in [1.54, 1.807) is 0 Å². The fourth-order valence-electron chi connectivity index (χ4n) is 2.00. The van der Waals surface area contributed by atoms with E-state index in [2.05, 4.69) is 0 Å². The number of rotatable bonds is 3. The normalized spacial score (nSPS) is 24.9. The van der Waals surface area contributed by atoms with Gasteiger partial charge in [0.1, 0.15) is 11.6 Å². The molecule has 2 rings (SSSR count). The second-order valence-electron chi connectivity index (χ2n) is 4.18. The van der Waals surface area contributed by atoms with E-state index in [0.29, 0.717) is 5.56 Å². The van der Waals surface area contributed by atoms with E-state index in [9.17, 15) is 8.78 Å².